The quantitative estimate of drug-likeness (QED) is 0.151. The second-order valence-corrected chi connectivity index (χ2v) is 23.2. The molecule has 1 heterocycles. The van der Waals surface area contributed by atoms with Gasteiger partial charge in [0.1, 0.15) is 22.8 Å². The van der Waals surface area contributed by atoms with E-state index in [-0.39, 0.29) is 22.5 Å². The summed E-state index contributed by atoms with van der Waals surface area (Å²) in [7, 11) is 0. The Morgan fingerprint density at radius 3 is 1.28 bits per heavy atom. The molecule has 10 aromatic carbocycles. The van der Waals surface area contributed by atoms with Crippen LogP contribution in [0.1, 0.15) is 97.2 Å². The maximum Gasteiger partial charge on any atom is 0.145 e. The number of halogens is 2. The zero-order valence-electron chi connectivity index (χ0n) is 45.0. The van der Waals surface area contributed by atoms with Crippen LogP contribution in [-0.4, -0.2) is 0 Å². The molecule has 0 amide bonds. The van der Waals surface area contributed by atoms with Gasteiger partial charge in [0.2, 0.25) is 0 Å². The predicted octanol–water partition coefficient (Wildman–Crippen LogP) is 20.1. The molecule has 1 aliphatic rings. The van der Waals surface area contributed by atoms with Gasteiger partial charge in [-0.15, -0.1) is 0 Å². The first-order chi connectivity index (χ1) is 36.4. The van der Waals surface area contributed by atoms with E-state index in [1.165, 1.54) is 11.1 Å². The van der Waals surface area contributed by atoms with E-state index in [0.29, 0.717) is 0 Å². The van der Waals surface area contributed by atoms with E-state index in [1.807, 2.05) is 30.3 Å². The minimum absolute atomic E-state index is 0.0519. The molecule has 1 aromatic heterocycles. The van der Waals surface area contributed by atoms with Crippen molar-refractivity contribution >= 4 is 66.8 Å². The zero-order valence-corrected chi connectivity index (χ0v) is 45.0. The highest BCUT2D eigenvalue weighted by molar-refractivity contribution is 6.22. The Morgan fingerprint density at radius 2 is 0.803 bits per heavy atom. The van der Waals surface area contributed by atoms with Crippen LogP contribution in [0.5, 0.6) is 0 Å². The maximum absolute atomic E-state index is 15.6. The van der Waals surface area contributed by atoms with Crippen LogP contribution in [0.25, 0.3) is 43.8 Å². The van der Waals surface area contributed by atoms with Crippen molar-refractivity contribution < 1.29 is 13.2 Å². The molecule has 0 saturated heterocycles. The summed E-state index contributed by atoms with van der Waals surface area (Å²) in [4.78, 5) is 4.77. The van der Waals surface area contributed by atoms with E-state index in [9.17, 15) is 0 Å². The number of rotatable bonds is 8. The first kappa shape index (κ1) is 48.6. The molecular formula is C71H62F2N2O. The minimum atomic E-state index is -1.15. The van der Waals surface area contributed by atoms with E-state index >= 15 is 8.78 Å². The summed E-state index contributed by atoms with van der Waals surface area (Å²) in [6.07, 6.45) is 0. The molecule has 0 bridgehead atoms. The molecule has 76 heavy (non-hydrogen) atoms. The molecule has 0 spiro atoms. The molecule has 11 aromatic rings. The molecule has 0 radical (unpaired) electrons. The molecule has 1 aliphatic carbocycles. The van der Waals surface area contributed by atoms with Gasteiger partial charge in [0.05, 0.1) is 22.2 Å². The topological polar surface area (TPSA) is 19.6 Å². The number of hydrogen-bond donors (Lipinski definition) is 0. The molecule has 3 nitrogen and oxygen atoms in total. The van der Waals surface area contributed by atoms with Crippen molar-refractivity contribution in [3.63, 3.8) is 0 Å². The second kappa shape index (κ2) is 17.9. The van der Waals surface area contributed by atoms with Gasteiger partial charge in [0, 0.05) is 39.1 Å². The Morgan fingerprint density at radius 1 is 0.395 bits per heavy atom. The Kier molecular flexibility index (Phi) is 11.5. The molecule has 0 N–H and O–H groups in total. The third kappa shape index (κ3) is 7.98. The van der Waals surface area contributed by atoms with Crippen molar-refractivity contribution in [2.75, 3.05) is 9.80 Å². The molecule has 0 aliphatic heterocycles. The summed E-state index contributed by atoms with van der Waals surface area (Å²) in [5.41, 5.74) is 18.8. The molecule has 5 heteroatoms. The summed E-state index contributed by atoms with van der Waals surface area (Å²) >= 11 is 0. The number of furan rings is 1. The third-order valence-electron chi connectivity index (χ3n) is 15.7. The van der Waals surface area contributed by atoms with E-state index in [2.05, 4.69) is 219 Å². The number of para-hydroxylation sites is 1. The first-order valence-electron chi connectivity index (χ1n) is 26.4. The fraction of sp³-hybridized carbons (Fsp3) is 0.183. The van der Waals surface area contributed by atoms with Gasteiger partial charge in [0.15, 0.2) is 0 Å². The van der Waals surface area contributed by atoms with Crippen molar-refractivity contribution in [3.05, 3.63) is 261 Å². The highest BCUT2D eigenvalue weighted by atomic mass is 19.1. The van der Waals surface area contributed by atoms with Crippen molar-refractivity contribution in [2.24, 2.45) is 0 Å². The number of nitrogens with zero attached hydrogens (tertiary/aromatic N) is 2. The van der Waals surface area contributed by atoms with Crippen molar-refractivity contribution in [1.29, 1.82) is 0 Å². The van der Waals surface area contributed by atoms with Gasteiger partial charge in [-0.3, -0.25) is 0 Å². The molecule has 376 valence electrons. The van der Waals surface area contributed by atoms with Crippen LogP contribution in [0, 0.1) is 39.3 Å². The monoisotopic (exact) mass is 996 g/mol. The molecule has 0 saturated carbocycles. The van der Waals surface area contributed by atoms with E-state index in [4.69, 9.17) is 4.42 Å². The lowest BCUT2D eigenvalue weighted by atomic mass is 9.67. The van der Waals surface area contributed by atoms with Gasteiger partial charge >= 0.3 is 0 Å². The van der Waals surface area contributed by atoms with Crippen molar-refractivity contribution in [1.82, 2.24) is 0 Å². The normalized spacial score (nSPS) is 13.1. The van der Waals surface area contributed by atoms with Gasteiger partial charge in [-0.2, -0.15) is 0 Å². The van der Waals surface area contributed by atoms with Crippen molar-refractivity contribution in [2.45, 2.75) is 85.5 Å². The third-order valence-corrected chi connectivity index (χ3v) is 15.7. The summed E-state index contributed by atoms with van der Waals surface area (Å²) < 4.78 is 38.7. The van der Waals surface area contributed by atoms with Crippen LogP contribution < -0.4 is 9.80 Å². The predicted molar refractivity (Wildman–Crippen MR) is 314 cm³/mol. The Hall–Kier alpha value is -8.28. The fourth-order valence-electron chi connectivity index (χ4n) is 12.3. The van der Waals surface area contributed by atoms with Crippen LogP contribution >= 0.6 is 0 Å². The average molecular weight is 997 g/mol. The lowest BCUT2D eigenvalue weighted by molar-refractivity contribution is 0.590. The van der Waals surface area contributed by atoms with Gasteiger partial charge in [-0.25, -0.2) is 8.78 Å². The first-order valence-corrected chi connectivity index (χ1v) is 26.4. The van der Waals surface area contributed by atoms with E-state index in [0.717, 1.165) is 122 Å². The summed E-state index contributed by atoms with van der Waals surface area (Å²) in [5, 5.41) is 4.03. The number of fused-ring (bicyclic) bond motifs is 9. The Bertz CT molecular complexity index is 3970. The van der Waals surface area contributed by atoms with E-state index < -0.39 is 5.41 Å². The highest BCUT2D eigenvalue weighted by Gasteiger charge is 2.50. The van der Waals surface area contributed by atoms with Crippen LogP contribution in [0.2, 0.25) is 0 Å². The molecule has 0 fully saturated rings. The van der Waals surface area contributed by atoms with Gasteiger partial charge < -0.3 is 14.2 Å². The molecular weight excluding hydrogens is 935 g/mol. The number of anilines is 6. The van der Waals surface area contributed by atoms with Crippen LogP contribution in [0.4, 0.5) is 42.9 Å². The lowest BCUT2D eigenvalue weighted by Crippen LogP contribution is -2.29. The Balaban J connectivity index is 1.28. The average Bonchev–Trinajstić information content (AvgIpc) is 4.13. The number of hydrogen-bond acceptors (Lipinski definition) is 3. The SMILES string of the molecule is Cc1cc(C)cc(N(c2ccc(C(C)(C)C)cc2)c2cc3c(c4ccccc24)-c2c(cc(N(c4ccc(C(C)(C)C)cc4)c4cc(C)cc(C)c4)c4c2oc2ccccc24)C3(c2ccc(F)cc2)c2ccc(F)cc2)c1. The lowest BCUT2D eigenvalue weighted by Gasteiger charge is -2.36. The summed E-state index contributed by atoms with van der Waals surface area (Å²) in [5.74, 6) is -0.688. The Labute approximate surface area is 445 Å². The maximum atomic E-state index is 15.6. The standard InChI is InChI=1S/C71H62F2N2O/c1-43-35-44(2)38-55(37-43)74(53-31-23-47(24-32-53)69(5,6)7)62-41-60-65(58-16-12-11-15-57(58)62)67-61(71(60,49-19-27-51(72)28-20-49)50-21-29-52(73)30-22-50)42-63(66-59-17-13-14-18-64(59)76-68(66)67)75(56-39-45(3)36-46(4)40-56)54-33-25-48(26-34-54)70(8,9)10/h11-42H,1-10H3. The van der Waals surface area contributed by atoms with E-state index in [1.54, 1.807) is 24.3 Å². The van der Waals surface area contributed by atoms with Gasteiger partial charge in [-0.05, 0) is 196 Å². The number of aryl methyl sites for hydroxylation is 4. The molecule has 12 rings (SSSR count). The number of benzene rings is 10. The highest BCUT2D eigenvalue weighted by Crippen LogP contribution is 2.64. The summed E-state index contributed by atoms with van der Waals surface area (Å²) in [6.45, 7) is 22.1. The fourth-order valence-corrected chi connectivity index (χ4v) is 12.3. The van der Waals surface area contributed by atoms with Crippen LogP contribution in [-0.2, 0) is 16.2 Å². The summed E-state index contributed by atoms with van der Waals surface area (Å²) in [6, 6.07) is 67.0. The van der Waals surface area contributed by atoms with Crippen molar-refractivity contribution in [3.8, 4) is 11.1 Å². The van der Waals surface area contributed by atoms with Crippen LogP contribution in [0.3, 0.4) is 0 Å². The molecule has 0 atom stereocenters. The van der Waals surface area contributed by atoms with Gasteiger partial charge in [0.25, 0.3) is 0 Å². The largest absolute Gasteiger partial charge is 0.455 e. The van der Waals surface area contributed by atoms with Gasteiger partial charge in [-0.1, -0.05) is 145 Å². The molecule has 0 unspecified atom stereocenters. The van der Waals surface area contributed by atoms with Crippen LogP contribution in [0.15, 0.2) is 199 Å². The minimum Gasteiger partial charge on any atom is -0.455 e. The second-order valence-electron chi connectivity index (χ2n) is 23.2. The zero-order chi connectivity index (χ0) is 53.0. The smallest absolute Gasteiger partial charge is 0.145 e.